The molecular weight excluding hydrogens is 294 g/mol. The lowest BCUT2D eigenvalue weighted by Crippen LogP contribution is -2.30. The fourth-order valence-corrected chi connectivity index (χ4v) is 3.04. The van der Waals surface area contributed by atoms with Gasteiger partial charge in [0.05, 0.1) is 6.04 Å². The number of carbonyl (C=O) groups excluding carboxylic acids is 1. The summed E-state index contributed by atoms with van der Waals surface area (Å²) < 4.78 is 3.51. The van der Waals surface area contributed by atoms with E-state index in [2.05, 4.69) is 20.2 Å². The van der Waals surface area contributed by atoms with Gasteiger partial charge >= 0.3 is 0 Å². The van der Waals surface area contributed by atoms with Gasteiger partial charge in [0, 0.05) is 36.9 Å². The predicted molar refractivity (Wildman–Crippen MR) is 82.0 cm³/mol. The minimum atomic E-state index is -0.151. The third-order valence-electron chi connectivity index (χ3n) is 4.16. The van der Waals surface area contributed by atoms with E-state index in [1.54, 1.807) is 15.6 Å². The SMILES string of the molecule is Cc1cc(C)n2nc(C(=O)N3CCC(n4cccn4)C3)nc2n1. The Labute approximate surface area is 132 Å². The van der Waals surface area contributed by atoms with Crippen LogP contribution in [0.5, 0.6) is 0 Å². The summed E-state index contributed by atoms with van der Waals surface area (Å²) in [5.74, 6) is 0.517. The van der Waals surface area contributed by atoms with Gasteiger partial charge in [0.25, 0.3) is 11.7 Å². The first-order valence-electron chi connectivity index (χ1n) is 7.61. The molecule has 1 atom stereocenters. The Kier molecular flexibility index (Phi) is 3.10. The molecule has 1 fully saturated rings. The van der Waals surface area contributed by atoms with Crippen LogP contribution in [0.25, 0.3) is 5.78 Å². The van der Waals surface area contributed by atoms with Crippen LogP contribution in [-0.2, 0) is 0 Å². The van der Waals surface area contributed by atoms with Gasteiger partial charge in [-0.25, -0.2) is 9.50 Å². The summed E-state index contributed by atoms with van der Waals surface area (Å²) in [6, 6.07) is 4.03. The van der Waals surface area contributed by atoms with Crippen LogP contribution < -0.4 is 0 Å². The Bertz CT molecular complexity index is 867. The highest BCUT2D eigenvalue weighted by molar-refractivity contribution is 5.91. The number of rotatable bonds is 2. The van der Waals surface area contributed by atoms with E-state index in [1.165, 1.54) is 0 Å². The first-order valence-corrected chi connectivity index (χ1v) is 7.61. The van der Waals surface area contributed by atoms with Crippen molar-refractivity contribution in [1.82, 2.24) is 34.3 Å². The van der Waals surface area contributed by atoms with Crippen molar-refractivity contribution >= 4 is 11.7 Å². The molecule has 3 aromatic heterocycles. The number of hydrogen-bond donors (Lipinski definition) is 0. The third kappa shape index (κ3) is 2.36. The molecule has 118 valence electrons. The molecule has 4 rings (SSSR count). The lowest BCUT2D eigenvalue weighted by molar-refractivity contribution is 0.0775. The van der Waals surface area contributed by atoms with Gasteiger partial charge in [0.15, 0.2) is 0 Å². The largest absolute Gasteiger partial charge is 0.334 e. The number of carbonyl (C=O) groups is 1. The highest BCUT2D eigenvalue weighted by Crippen LogP contribution is 2.21. The average Bonchev–Trinajstić information content (AvgIpc) is 3.25. The summed E-state index contributed by atoms with van der Waals surface area (Å²) in [5.41, 5.74) is 1.77. The van der Waals surface area contributed by atoms with Crippen molar-refractivity contribution in [3.05, 3.63) is 41.7 Å². The van der Waals surface area contributed by atoms with Gasteiger partial charge in [0.1, 0.15) is 0 Å². The van der Waals surface area contributed by atoms with Crippen LogP contribution in [-0.4, -0.2) is 53.3 Å². The first kappa shape index (κ1) is 13.9. The Balaban J connectivity index is 1.59. The Morgan fingerprint density at radius 3 is 2.96 bits per heavy atom. The Morgan fingerprint density at radius 1 is 1.30 bits per heavy atom. The molecule has 8 heteroatoms. The summed E-state index contributed by atoms with van der Waals surface area (Å²) in [6.45, 7) is 5.14. The van der Waals surface area contributed by atoms with Crippen LogP contribution >= 0.6 is 0 Å². The average molecular weight is 311 g/mol. The van der Waals surface area contributed by atoms with Crippen LogP contribution in [0, 0.1) is 13.8 Å². The molecular formula is C15H17N7O. The second kappa shape index (κ2) is 5.15. The minimum absolute atomic E-state index is 0.151. The van der Waals surface area contributed by atoms with Crippen LogP contribution in [0.1, 0.15) is 34.5 Å². The van der Waals surface area contributed by atoms with Gasteiger partial charge in [-0.15, -0.1) is 5.10 Å². The predicted octanol–water partition coefficient (Wildman–Crippen LogP) is 1.02. The highest BCUT2D eigenvalue weighted by Gasteiger charge is 2.30. The molecule has 4 heterocycles. The van der Waals surface area contributed by atoms with Gasteiger partial charge in [-0.1, -0.05) is 0 Å². The lowest BCUT2D eigenvalue weighted by Gasteiger charge is -2.14. The maximum Gasteiger partial charge on any atom is 0.293 e. The number of hydrogen-bond acceptors (Lipinski definition) is 5. The molecule has 1 aliphatic rings. The van der Waals surface area contributed by atoms with Crippen molar-refractivity contribution in [2.24, 2.45) is 0 Å². The molecule has 3 aromatic rings. The third-order valence-corrected chi connectivity index (χ3v) is 4.16. The van der Waals surface area contributed by atoms with Gasteiger partial charge in [-0.3, -0.25) is 9.48 Å². The summed E-state index contributed by atoms with van der Waals surface area (Å²) in [5, 5.41) is 8.57. The van der Waals surface area contributed by atoms with Gasteiger partial charge in [-0.2, -0.15) is 10.1 Å². The summed E-state index contributed by atoms with van der Waals surface area (Å²) in [4.78, 5) is 23.1. The van der Waals surface area contributed by atoms with Crippen LogP contribution in [0.2, 0.25) is 0 Å². The van der Waals surface area contributed by atoms with Crippen molar-refractivity contribution in [3.63, 3.8) is 0 Å². The number of fused-ring (bicyclic) bond motifs is 1. The number of aromatic nitrogens is 6. The van der Waals surface area contributed by atoms with Crippen molar-refractivity contribution < 1.29 is 4.79 Å². The number of amides is 1. The lowest BCUT2D eigenvalue weighted by atomic mass is 10.3. The molecule has 0 radical (unpaired) electrons. The van der Waals surface area contributed by atoms with E-state index in [0.29, 0.717) is 18.9 Å². The van der Waals surface area contributed by atoms with Crippen molar-refractivity contribution in [2.75, 3.05) is 13.1 Å². The molecule has 1 amide bonds. The number of likely N-dealkylation sites (tertiary alicyclic amines) is 1. The molecule has 0 bridgehead atoms. The van der Waals surface area contributed by atoms with E-state index < -0.39 is 0 Å². The van der Waals surface area contributed by atoms with Gasteiger partial charge < -0.3 is 4.90 Å². The zero-order valence-corrected chi connectivity index (χ0v) is 13.0. The summed E-state index contributed by atoms with van der Waals surface area (Å²) in [6.07, 6.45) is 4.57. The summed E-state index contributed by atoms with van der Waals surface area (Å²) >= 11 is 0. The van der Waals surface area contributed by atoms with Gasteiger partial charge in [0.2, 0.25) is 5.82 Å². The van der Waals surface area contributed by atoms with E-state index in [1.807, 2.05) is 36.9 Å². The van der Waals surface area contributed by atoms with Crippen LogP contribution in [0.4, 0.5) is 0 Å². The molecule has 0 N–H and O–H groups in total. The monoisotopic (exact) mass is 311 g/mol. The zero-order chi connectivity index (χ0) is 16.0. The molecule has 0 spiro atoms. The number of aryl methyl sites for hydroxylation is 2. The maximum atomic E-state index is 12.7. The Morgan fingerprint density at radius 2 is 2.17 bits per heavy atom. The van der Waals surface area contributed by atoms with Crippen molar-refractivity contribution in [2.45, 2.75) is 26.3 Å². The second-order valence-corrected chi connectivity index (χ2v) is 5.87. The van der Waals surface area contributed by atoms with E-state index in [-0.39, 0.29) is 17.8 Å². The normalized spacial score (nSPS) is 18.0. The van der Waals surface area contributed by atoms with E-state index in [0.717, 1.165) is 17.8 Å². The molecule has 23 heavy (non-hydrogen) atoms. The quantitative estimate of drug-likeness (QED) is 0.706. The fraction of sp³-hybridized carbons (Fsp3) is 0.400. The summed E-state index contributed by atoms with van der Waals surface area (Å²) in [7, 11) is 0. The maximum absolute atomic E-state index is 12.7. The topological polar surface area (TPSA) is 81.2 Å². The zero-order valence-electron chi connectivity index (χ0n) is 13.0. The highest BCUT2D eigenvalue weighted by atomic mass is 16.2. The Hall–Kier alpha value is -2.77. The van der Waals surface area contributed by atoms with Crippen LogP contribution in [0.3, 0.4) is 0 Å². The molecule has 1 saturated heterocycles. The first-order chi connectivity index (χ1) is 11.1. The molecule has 8 nitrogen and oxygen atoms in total. The van der Waals surface area contributed by atoms with Crippen molar-refractivity contribution in [3.8, 4) is 0 Å². The minimum Gasteiger partial charge on any atom is -0.334 e. The fourth-order valence-electron chi connectivity index (χ4n) is 3.04. The molecule has 0 saturated carbocycles. The second-order valence-electron chi connectivity index (χ2n) is 5.87. The molecule has 1 aliphatic heterocycles. The molecule has 1 unspecified atom stereocenters. The smallest absolute Gasteiger partial charge is 0.293 e. The van der Waals surface area contributed by atoms with Gasteiger partial charge in [-0.05, 0) is 32.4 Å². The van der Waals surface area contributed by atoms with E-state index >= 15 is 0 Å². The van der Waals surface area contributed by atoms with Crippen molar-refractivity contribution in [1.29, 1.82) is 0 Å². The standard InChI is InChI=1S/C15H17N7O/c1-10-8-11(2)22-15(17-10)18-13(19-22)14(23)20-7-4-12(9-20)21-6-3-5-16-21/h3,5-6,8,12H,4,7,9H2,1-2H3. The van der Waals surface area contributed by atoms with E-state index in [4.69, 9.17) is 0 Å². The number of nitrogens with zero attached hydrogens (tertiary/aromatic N) is 7. The van der Waals surface area contributed by atoms with Crippen LogP contribution in [0.15, 0.2) is 24.5 Å². The molecule has 0 aliphatic carbocycles. The molecule has 0 aromatic carbocycles. The van der Waals surface area contributed by atoms with E-state index in [9.17, 15) is 4.79 Å².